The first-order valence-electron chi connectivity index (χ1n) is 7.15. The average molecular weight is 231 g/mol. The van der Waals surface area contributed by atoms with Crippen molar-refractivity contribution in [1.82, 2.24) is 5.32 Å². The van der Waals surface area contributed by atoms with Crippen LogP contribution in [-0.4, -0.2) is 6.54 Å². The Morgan fingerprint density at radius 3 is 2.82 bits per heavy atom. The molecule has 17 heavy (non-hydrogen) atoms. The first-order chi connectivity index (χ1) is 8.30. The van der Waals surface area contributed by atoms with Crippen LogP contribution in [-0.2, 0) is 12.0 Å². The molecule has 1 N–H and O–H groups in total. The molecule has 0 amide bonds. The van der Waals surface area contributed by atoms with Gasteiger partial charge in [-0.1, -0.05) is 51.0 Å². The second-order valence-electron chi connectivity index (χ2n) is 5.23. The average Bonchev–Trinajstić information content (AvgIpc) is 2.65. The van der Waals surface area contributed by atoms with Gasteiger partial charge < -0.3 is 5.32 Å². The summed E-state index contributed by atoms with van der Waals surface area (Å²) in [4.78, 5) is 0. The maximum Gasteiger partial charge on any atom is 0.0432 e. The smallest absolute Gasteiger partial charge is 0.0432 e. The molecule has 1 heteroatoms. The summed E-state index contributed by atoms with van der Waals surface area (Å²) in [6, 6.07) is 9.17. The zero-order valence-corrected chi connectivity index (χ0v) is 11.3. The minimum absolute atomic E-state index is 0.238. The highest BCUT2D eigenvalue weighted by Gasteiger charge is 2.30. The molecule has 0 saturated carbocycles. The molecule has 1 unspecified atom stereocenters. The first-order valence-corrected chi connectivity index (χ1v) is 7.15. The van der Waals surface area contributed by atoms with Gasteiger partial charge in [0.15, 0.2) is 0 Å². The van der Waals surface area contributed by atoms with Gasteiger partial charge in [-0.15, -0.1) is 0 Å². The lowest BCUT2D eigenvalue weighted by Crippen LogP contribution is -2.41. The maximum absolute atomic E-state index is 3.81. The van der Waals surface area contributed by atoms with E-state index in [-0.39, 0.29) is 5.54 Å². The molecular formula is C16H25N. The molecule has 0 bridgehead atoms. The number of rotatable bonds is 3. The Morgan fingerprint density at radius 2 is 2.06 bits per heavy atom. The highest BCUT2D eigenvalue weighted by molar-refractivity contribution is 5.30. The standard InChI is InChI=1S/C16H25N/c1-3-14-9-8-10-15(13-14)16(4-2)11-6-5-7-12-17-16/h8-10,13,17H,3-7,11-12H2,1-2H3. The summed E-state index contributed by atoms with van der Waals surface area (Å²) in [6.45, 7) is 5.72. The minimum atomic E-state index is 0.238. The van der Waals surface area contributed by atoms with Crippen molar-refractivity contribution >= 4 is 0 Å². The summed E-state index contributed by atoms with van der Waals surface area (Å²) >= 11 is 0. The molecule has 0 aliphatic carbocycles. The molecule has 1 saturated heterocycles. The molecule has 1 atom stereocenters. The minimum Gasteiger partial charge on any atom is -0.307 e. The predicted molar refractivity (Wildman–Crippen MR) is 74.3 cm³/mol. The molecule has 1 aliphatic rings. The molecule has 1 heterocycles. The summed E-state index contributed by atoms with van der Waals surface area (Å²) in [6.07, 6.45) is 7.68. The second kappa shape index (κ2) is 5.68. The first kappa shape index (κ1) is 12.6. The van der Waals surface area contributed by atoms with Crippen LogP contribution in [0.5, 0.6) is 0 Å². The number of hydrogen-bond acceptors (Lipinski definition) is 1. The zero-order chi connectivity index (χ0) is 12.1. The van der Waals surface area contributed by atoms with E-state index in [1.165, 1.54) is 49.8 Å². The summed E-state index contributed by atoms with van der Waals surface area (Å²) in [5.41, 5.74) is 3.20. The van der Waals surface area contributed by atoms with Crippen LogP contribution in [0, 0.1) is 0 Å². The molecule has 0 radical (unpaired) electrons. The second-order valence-corrected chi connectivity index (χ2v) is 5.23. The molecule has 94 valence electrons. The zero-order valence-electron chi connectivity index (χ0n) is 11.3. The van der Waals surface area contributed by atoms with Crippen LogP contribution >= 0.6 is 0 Å². The molecule has 1 nitrogen and oxygen atoms in total. The van der Waals surface area contributed by atoms with Crippen molar-refractivity contribution < 1.29 is 0 Å². The molecule has 0 spiro atoms. The fourth-order valence-electron chi connectivity index (χ4n) is 2.99. The van der Waals surface area contributed by atoms with Gasteiger partial charge in [-0.05, 0) is 43.4 Å². The van der Waals surface area contributed by atoms with Gasteiger partial charge in [-0.3, -0.25) is 0 Å². The van der Waals surface area contributed by atoms with Crippen molar-refractivity contribution in [2.45, 2.75) is 57.9 Å². The Bertz CT molecular complexity index is 348. The highest BCUT2D eigenvalue weighted by Crippen LogP contribution is 2.33. The fourth-order valence-corrected chi connectivity index (χ4v) is 2.99. The normalized spacial score (nSPS) is 25.5. The molecular weight excluding hydrogens is 206 g/mol. The Morgan fingerprint density at radius 1 is 1.18 bits per heavy atom. The predicted octanol–water partition coefficient (Wildman–Crippen LogP) is 4.02. The SMILES string of the molecule is CCc1cccc(C2(CC)CCCCCN2)c1. The summed E-state index contributed by atoms with van der Waals surface area (Å²) in [7, 11) is 0. The van der Waals surface area contributed by atoms with Crippen molar-refractivity contribution in [2.75, 3.05) is 6.54 Å². The summed E-state index contributed by atoms with van der Waals surface area (Å²) < 4.78 is 0. The van der Waals surface area contributed by atoms with Crippen LogP contribution in [0.2, 0.25) is 0 Å². The van der Waals surface area contributed by atoms with E-state index in [2.05, 4.69) is 43.4 Å². The molecule has 1 aromatic rings. The van der Waals surface area contributed by atoms with E-state index in [0.29, 0.717) is 0 Å². The third-order valence-electron chi connectivity index (χ3n) is 4.24. The lowest BCUT2D eigenvalue weighted by Gasteiger charge is -2.34. The van der Waals surface area contributed by atoms with Gasteiger partial charge in [0, 0.05) is 5.54 Å². The monoisotopic (exact) mass is 231 g/mol. The molecule has 1 aromatic carbocycles. The van der Waals surface area contributed by atoms with Gasteiger partial charge in [0.2, 0.25) is 0 Å². The molecule has 2 rings (SSSR count). The van der Waals surface area contributed by atoms with Crippen molar-refractivity contribution in [1.29, 1.82) is 0 Å². The lowest BCUT2D eigenvalue weighted by atomic mass is 9.82. The number of nitrogens with one attached hydrogen (secondary N) is 1. The lowest BCUT2D eigenvalue weighted by molar-refractivity contribution is 0.312. The van der Waals surface area contributed by atoms with Crippen molar-refractivity contribution in [3.05, 3.63) is 35.4 Å². The van der Waals surface area contributed by atoms with Gasteiger partial charge in [-0.2, -0.15) is 0 Å². The number of benzene rings is 1. The maximum atomic E-state index is 3.81. The summed E-state index contributed by atoms with van der Waals surface area (Å²) in [5.74, 6) is 0. The van der Waals surface area contributed by atoms with Crippen molar-refractivity contribution in [2.24, 2.45) is 0 Å². The van der Waals surface area contributed by atoms with E-state index in [0.717, 1.165) is 6.42 Å². The van der Waals surface area contributed by atoms with Gasteiger partial charge in [-0.25, -0.2) is 0 Å². The fraction of sp³-hybridized carbons (Fsp3) is 0.625. The Hall–Kier alpha value is -0.820. The quantitative estimate of drug-likeness (QED) is 0.828. The van der Waals surface area contributed by atoms with Gasteiger partial charge >= 0.3 is 0 Å². The molecule has 0 aromatic heterocycles. The number of hydrogen-bond donors (Lipinski definition) is 1. The highest BCUT2D eigenvalue weighted by atomic mass is 15.0. The number of aryl methyl sites for hydroxylation is 1. The molecule has 1 fully saturated rings. The van der Waals surface area contributed by atoms with E-state index in [9.17, 15) is 0 Å². The van der Waals surface area contributed by atoms with Crippen LogP contribution < -0.4 is 5.32 Å². The summed E-state index contributed by atoms with van der Waals surface area (Å²) in [5, 5.41) is 3.81. The topological polar surface area (TPSA) is 12.0 Å². The van der Waals surface area contributed by atoms with Crippen molar-refractivity contribution in [3.63, 3.8) is 0 Å². The van der Waals surface area contributed by atoms with E-state index >= 15 is 0 Å². The molecule has 1 aliphatic heterocycles. The van der Waals surface area contributed by atoms with Gasteiger partial charge in [0.05, 0.1) is 0 Å². The Labute approximate surface area is 106 Å². The largest absolute Gasteiger partial charge is 0.307 e. The Balaban J connectivity index is 2.31. The van der Waals surface area contributed by atoms with E-state index in [1.54, 1.807) is 0 Å². The third kappa shape index (κ3) is 2.71. The van der Waals surface area contributed by atoms with E-state index in [4.69, 9.17) is 0 Å². The van der Waals surface area contributed by atoms with Crippen LogP contribution in [0.25, 0.3) is 0 Å². The van der Waals surface area contributed by atoms with E-state index < -0.39 is 0 Å². The van der Waals surface area contributed by atoms with Crippen LogP contribution in [0.3, 0.4) is 0 Å². The van der Waals surface area contributed by atoms with Gasteiger partial charge in [0.1, 0.15) is 0 Å². The van der Waals surface area contributed by atoms with Crippen LogP contribution in [0.4, 0.5) is 0 Å². The van der Waals surface area contributed by atoms with Crippen molar-refractivity contribution in [3.8, 4) is 0 Å². The van der Waals surface area contributed by atoms with Crippen LogP contribution in [0.1, 0.15) is 57.1 Å². The van der Waals surface area contributed by atoms with E-state index in [1.807, 2.05) is 0 Å². The van der Waals surface area contributed by atoms with Gasteiger partial charge in [0.25, 0.3) is 0 Å². The van der Waals surface area contributed by atoms with Crippen LogP contribution in [0.15, 0.2) is 24.3 Å². The third-order valence-corrected chi connectivity index (χ3v) is 4.24. The Kier molecular flexibility index (Phi) is 4.22.